The molecule has 1 aromatic rings. The van der Waals surface area contributed by atoms with Crippen LogP contribution < -0.4 is 5.73 Å². The fourth-order valence-corrected chi connectivity index (χ4v) is 2.85. The lowest BCUT2D eigenvalue weighted by Crippen LogP contribution is -2.31. The first kappa shape index (κ1) is 14.3. The predicted octanol–water partition coefficient (Wildman–Crippen LogP) is 2.81. The molecule has 19 heavy (non-hydrogen) atoms. The molecule has 106 valence electrons. The second kappa shape index (κ2) is 6.35. The minimum atomic E-state index is -0.824. The van der Waals surface area contributed by atoms with Gasteiger partial charge in [0.25, 0.3) is 0 Å². The van der Waals surface area contributed by atoms with Crippen molar-refractivity contribution in [2.24, 2.45) is 11.7 Å². The zero-order chi connectivity index (χ0) is 13.8. The molecule has 4 nitrogen and oxygen atoms in total. The Morgan fingerprint density at radius 3 is 2.68 bits per heavy atom. The zero-order valence-corrected chi connectivity index (χ0v) is 11.5. The van der Waals surface area contributed by atoms with Crippen molar-refractivity contribution in [3.8, 4) is 0 Å². The summed E-state index contributed by atoms with van der Waals surface area (Å²) in [6.45, 7) is 1.44. The van der Waals surface area contributed by atoms with Gasteiger partial charge in [-0.25, -0.2) is 0 Å². The van der Waals surface area contributed by atoms with Crippen molar-refractivity contribution >= 4 is 5.78 Å². The Bertz CT molecular complexity index is 421. The average molecular weight is 265 g/mol. The molecule has 0 bridgehead atoms. The number of nitrogens with two attached hydrogens (primary N) is 1. The molecule has 1 heterocycles. The average Bonchev–Trinajstić information content (AvgIpc) is 2.88. The summed E-state index contributed by atoms with van der Waals surface area (Å²) >= 11 is 0. The van der Waals surface area contributed by atoms with Crippen molar-refractivity contribution in [3.63, 3.8) is 0 Å². The maximum atomic E-state index is 11.2. The lowest BCUT2D eigenvalue weighted by Gasteiger charge is -2.26. The number of furan rings is 1. The number of ketones is 1. The molecule has 1 aliphatic carbocycles. The van der Waals surface area contributed by atoms with Crippen molar-refractivity contribution in [1.29, 1.82) is 0 Å². The van der Waals surface area contributed by atoms with E-state index in [1.165, 1.54) is 39.0 Å². The van der Waals surface area contributed by atoms with Crippen molar-refractivity contribution in [3.05, 3.63) is 23.7 Å². The first-order valence-corrected chi connectivity index (χ1v) is 7.12. The van der Waals surface area contributed by atoms with Gasteiger partial charge in [-0.15, -0.1) is 0 Å². The van der Waals surface area contributed by atoms with Crippen LogP contribution in [0.2, 0.25) is 0 Å². The molecule has 0 aromatic carbocycles. The molecular formula is C15H23NO3. The molecule has 1 aliphatic rings. The van der Waals surface area contributed by atoms with Gasteiger partial charge in [-0.05, 0) is 24.5 Å². The zero-order valence-electron chi connectivity index (χ0n) is 11.5. The summed E-state index contributed by atoms with van der Waals surface area (Å²) < 4.78 is 5.34. The lowest BCUT2D eigenvalue weighted by atomic mass is 9.84. The third-order valence-corrected chi connectivity index (χ3v) is 4.00. The second-order valence-corrected chi connectivity index (χ2v) is 5.61. The van der Waals surface area contributed by atoms with E-state index in [1.54, 1.807) is 12.1 Å². The number of carbonyl (C=O) groups is 1. The van der Waals surface area contributed by atoms with Gasteiger partial charge < -0.3 is 15.3 Å². The van der Waals surface area contributed by atoms with E-state index in [4.69, 9.17) is 10.2 Å². The molecular weight excluding hydrogens is 242 g/mol. The molecule has 0 amide bonds. The molecule has 1 fully saturated rings. The van der Waals surface area contributed by atoms with Crippen LogP contribution in [0.3, 0.4) is 0 Å². The van der Waals surface area contributed by atoms with E-state index in [9.17, 15) is 9.90 Å². The van der Waals surface area contributed by atoms with E-state index in [1.807, 2.05) is 0 Å². The largest absolute Gasteiger partial charge is 0.455 e. The Hall–Kier alpha value is -1.13. The molecule has 0 radical (unpaired) electrons. The van der Waals surface area contributed by atoms with Gasteiger partial charge in [0.15, 0.2) is 11.5 Å². The van der Waals surface area contributed by atoms with E-state index in [0.717, 1.165) is 6.42 Å². The molecule has 2 atom stereocenters. The van der Waals surface area contributed by atoms with Crippen LogP contribution in [0, 0.1) is 5.92 Å². The van der Waals surface area contributed by atoms with Gasteiger partial charge >= 0.3 is 0 Å². The normalized spacial score (nSPS) is 20.2. The second-order valence-electron chi connectivity index (χ2n) is 5.61. The Balaban J connectivity index is 1.93. The third kappa shape index (κ3) is 3.67. The predicted molar refractivity (Wildman–Crippen MR) is 72.8 cm³/mol. The SMILES string of the molecule is CC(=O)c1ccc([C@H](O)C(N)CC2CCCCC2)o1. The first-order chi connectivity index (χ1) is 9.08. The van der Waals surface area contributed by atoms with E-state index < -0.39 is 6.10 Å². The highest BCUT2D eigenvalue weighted by Crippen LogP contribution is 2.30. The Kier molecular flexibility index (Phi) is 4.77. The highest BCUT2D eigenvalue weighted by atomic mass is 16.4. The van der Waals surface area contributed by atoms with Crippen molar-refractivity contribution < 1.29 is 14.3 Å². The topological polar surface area (TPSA) is 76.5 Å². The standard InChI is InChI=1S/C15H23NO3/c1-10(17)13-7-8-14(19-13)15(18)12(16)9-11-5-3-2-4-6-11/h7-8,11-12,15,18H,2-6,9,16H2,1H3/t12?,15-/m1/s1. The molecule has 0 aliphatic heterocycles. The summed E-state index contributed by atoms with van der Waals surface area (Å²) in [5.74, 6) is 1.15. The van der Waals surface area contributed by atoms with Gasteiger partial charge in [0.1, 0.15) is 11.9 Å². The summed E-state index contributed by atoms with van der Waals surface area (Å²) in [6.07, 6.45) is 6.25. The van der Waals surface area contributed by atoms with Crippen LogP contribution in [0.1, 0.15) is 67.9 Å². The molecule has 3 N–H and O–H groups in total. The van der Waals surface area contributed by atoms with Crippen LogP contribution in [0.4, 0.5) is 0 Å². The summed E-state index contributed by atoms with van der Waals surface area (Å²) in [5.41, 5.74) is 6.07. The van der Waals surface area contributed by atoms with Crippen LogP contribution >= 0.6 is 0 Å². The van der Waals surface area contributed by atoms with E-state index in [2.05, 4.69) is 0 Å². The van der Waals surface area contributed by atoms with E-state index in [-0.39, 0.29) is 17.6 Å². The minimum absolute atomic E-state index is 0.140. The van der Waals surface area contributed by atoms with E-state index in [0.29, 0.717) is 11.7 Å². The smallest absolute Gasteiger partial charge is 0.194 e. The van der Waals surface area contributed by atoms with E-state index >= 15 is 0 Å². The lowest BCUT2D eigenvalue weighted by molar-refractivity contribution is 0.0931. The summed E-state index contributed by atoms with van der Waals surface area (Å²) in [6, 6.07) is 2.91. The fourth-order valence-electron chi connectivity index (χ4n) is 2.85. The number of aliphatic hydroxyl groups excluding tert-OH is 1. The molecule has 1 saturated carbocycles. The molecule has 1 aromatic heterocycles. The fraction of sp³-hybridized carbons (Fsp3) is 0.667. The minimum Gasteiger partial charge on any atom is -0.455 e. The van der Waals surface area contributed by atoms with Gasteiger partial charge in [-0.1, -0.05) is 32.1 Å². The highest BCUT2D eigenvalue weighted by molar-refractivity contribution is 5.91. The summed E-state index contributed by atoms with van der Waals surface area (Å²) in [4.78, 5) is 11.2. The highest BCUT2D eigenvalue weighted by Gasteiger charge is 2.25. The number of rotatable bonds is 5. The molecule has 1 unspecified atom stereocenters. The number of carbonyl (C=O) groups excluding carboxylic acids is 1. The van der Waals surface area contributed by atoms with Crippen LogP contribution in [0.5, 0.6) is 0 Å². The van der Waals surface area contributed by atoms with Crippen molar-refractivity contribution in [2.75, 3.05) is 0 Å². The third-order valence-electron chi connectivity index (χ3n) is 4.00. The molecule has 0 spiro atoms. The van der Waals surface area contributed by atoms with Crippen LogP contribution in [0.15, 0.2) is 16.5 Å². The quantitative estimate of drug-likeness (QED) is 0.803. The first-order valence-electron chi connectivity index (χ1n) is 7.12. The molecule has 0 saturated heterocycles. The van der Waals surface area contributed by atoms with Crippen molar-refractivity contribution in [1.82, 2.24) is 0 Å². The van der Waals surface area contributed by atoms with Gasteiger partial charge in [0, 0.05) is 13.0 Å². The summed E-state index contributed by atoms with van der Waals surface area (Å²) in [5, 5.41) is 10.2. The van der Waals surface area contributed by atoms with Gasteiger partial charge in [0.05, 0.1) is 0 Å². The van der Waals surface area contributed by atoms with Crippen LogP contribution in [0.25, 0.3) is 0 Å². The van der Waals surface area contributed by atoms with Crippen LogP contribution in [-0.4, -0.2) is 16.9 Å². The Morgan fingerprint density at radius 2 is 2.11 bits per heavy atom. The van der Waals surface area contributed by atoms with Crippen molar-refractivity contribution in [2.45, 2.75) is 57.6 Å². The monoisotopic (exact) mass is 265 g/mol. The maximum Gasteiger partial charge on any atom is 0.194 e. The molecule has 4 heteroatoms. The number of hydrogen-bond acceptors (Lipinski definition) is 4. The van der Waals surface area contributed by atoms with Gasteiger partial charge in [-0.2, -0.15) is 0 Å². The maximum absolute atomic E-state index is 11.2. The summed E-state index contributed by atoms with van der Waals surface area (Å²) in [7, 11) is 0. The van der Waals surface area contributed by atoms with Gasteiger partial charge in [0.2, 0.25) is 0 Å². The van der Waals surface area contributed by atoms with Gasteiger partial charge in [-0.3, -0.25) is 4.79 Å². The number of Topliss-reactive ketones (excluding diaryl/α,β-unsaturated/α-hetero) is 1. The number of aliphatic hydroxyl groups is 1. The van der Waals surface area contributed by atoms with Crippen LogP contribution in [-0.2, 0) is 0 Å². The number of hydrogen-bond donors (Lipinski definition) is 2. The molecule has 2 rings (SSSR count). The Labute approximate surface area is 114 Å². The Morgan fingerprint density at radius 1 is 1.42 bits per heavy atom.